The molecule has 1 aromatic carbocycles. The van der Waals surface area contributed by atoms with Crippen molar-refractivity contribution in [1.29, 1.82) is 0 Å². The quantitative estimate of drug-likeness (QED) is 0.551. The van der Waals surface area contributed by atoms with E-state index in [0.29, 0.717) is 18.2 Å². The molecule has 1 N–H and O–H groups in total. The van der Waals surface area contributed by atoms with E-state index < -0.39 is 0 Å². The number of carbonyl (C=O) groups is 1. The number of hydrogen-bond acceptors (Lipinski definition) is 4. The van der Waals surface area contributed by atoms with Crippen LogP contribution in [0.1, 0.15) is 35.6 Å². The molecule has 6 heteroatoms. The zero-order chi connectivity index (χ0) is 19.5. The molecule has 2 heterocycles. The Morgan fingerprint density at radius 3 is 2.86 bits per heavy atom. The Labute approximate surface area is 163 Å². The summed E-state index contributed by atoms with van der Waals surface area (Å²) in [5.41, 5.74) is 4.09. The number of hydrogen-bond donors (Lipinski definition) is 1. The number of rotatable bonds is 5. The van der Waals surface area contributed by atoms with Crippen LogP contribution in [-0.4, -0.2) is 27.3 Å². The van der Waals surface area contributed by atoms with Crippen molar-refractivity contribution >= 4 is 16.9 Å². The van der Waals surface area contributed by atoms with Crippen LogP contribution in [0.2, 0.25) is 0 Å². The van der Waals surface area contributed by atoms with Gasteiger partial charge in [-0.2, -0.15) is 10.1 Å². The average molecular weight is 374 g/mol. The van der Waals surface area contributed by atoms with Gasteiger partial charge in [-0.25, -0.2) is 0 Å². The van der Waals surface area contributed by atoms with E-state index in [0.717, 1.165) is 27.9 Å². The molecule has 1 fully saturated rings. The van der Waals surface area contributed by atoms with Gasteiger partial charge in [-0.05, 0) is 30.9 Å². The number of aryl methyl sites for hydroxylation is 2. The van der Waals surface area contributed by atoms with Gasteiger partial charge in [0.1, 0.15) is 0 Å². The molecule has 0 radical (unpaired) electrons. The number of ether oxygens (including phenoxy) is 1. The lowest BCUT2D eigenvalue weighted by atomic mass is 10.1. The molecule has 28 heavy (non-hydrogen) atoms. The summed E-state index contributed by atoms with van der Waals surface area (Å²) in [4.78, 5) is 16.5. The van der Waals surface area contributed by atoms with E-state index in [2.05, 4.69) is 27.4 Å². The minimum Gasteiger partial charge on any atom is -0.467 e. The molecule has 1 amide bonds. The predicted octanol–water partition coefficient (Wildman–Crippen LogP) is 2.85. The van der Waals surface area contributed by atoms with E-state index in [1.54, 1.807) is 4.68 Å². The minimum absolute atomic E-state index is 0.134. The SMILES string of the molecule is Cc1cc(OCC(=O)NC#CCc2ccccc2)nc2c1c(C1CC1)nn2C. The van der Waals surface area contributed by atoms with Gasteiger partial charge in [0.2, 0.25) is 5.88 Å². The molecule has 0 saturated heterocycles. The molecule has 1 aliphatic rings. The third-order valence-corrected chi connectivity index (χ3v) is 4.74. The third-order valence-electron chi connectivity index (χ3n) is 4.74. The van der Waals surface area contributed by atoms with Crippen molar-refractivity contribution in [3.63, 3.8) is 0 Å². The smallest absolute Gasteiger partial charge is 0.269 e. The first-order valence-electron chi connectivity index (χ1n) is 9.39. The lowest BCUT2D eigenvalue weighted by molar-refractivity contribution is -0.122. The number of fused-ring (bicyclic) bond motifs is 1. The van der Waals surface area contributed by atoms with Crippen LogP contribution in [0.15, 0.2) is 36.4 Å². The normalized spacial score (nSPS) is 13.1. The van der Waals surface area contributed by atoms with Gasteiger partial charge in [-0.15, -0.1) is 0 Å². The van der Waals surface area contributed by atoms with Crippen molar-refractivity contribution in [2.75, 3.05) is 6.61 Å². The molecule has 0 aliphatic heterocycles. The first kappa shape index (κ1) is 18.1. The minimum atomic E-state index is -0.302. The van der Waals surface area contributed by atoms with Crippen LogP contribution in [0.25, 0.3) is 11.0 Å². The van der Waals surface area contributed by atoms with Crippen molar-refractivity contribution < 1.29 is 9.53 Å². The fourth-order valence-electron chi connectivity index (χ4n) is 3.18. The maximum atomic E-state index is 12.0. The predicted molar refractivity (Wildman–Crippen MR) is 107 cm³/mol. The Morgan fingerprint density at radius 2 is 2.11 bits per heavy atom. The number of nitrogens with zero attached hydrogens (tertiary/aromatic N) is 3. The number of benzene rings is 1. The molecule has 3 aromatic rings. The summed E-state index contributed by atoms with van der Waals surface area (Å²) in [5.74, 6) is 3.60. The zero-order valence-corrected chi connectivity index (χ0v) is 16.0. The van der Waals surface area contributed by atoms with E-state index in [1.165, 1.54) is 12.8 Å². The van der Waals surface area contributed by atoms with Gasteiger partial charge < -0.3 is 4.74 Å². The summed E-state index contributed by atoms with van der Waals surface area (Å²) >= 11 is 0. The Kier molecular flexibility index (Phi) is 4.98. The Bertz CT molecular complexity index is 1070. The highest BCUT2D eigenvalue weighted by atomic mass is 16.5. The summed E-state index contributed by atoms with van der Waals surface area (Å²) in [6.07, 6.45) is 2.97. The van der Waals surface area contributed by atoms with Crippen LogP contribution in [0, 0.1) is 18.9 Å². The van der Waals surface area contributed by atoms with E-state index >= 15 is 0 Å². The third kappa shape index (κ3) is 3.99. The van der Waals surface area contributed by atoms with Crippen molar-refractivity contribution in [2.24, 2.45) is 7.05 Å². The highest BCUT2D eigenvalue weighted by Gasteiger charge is 2.30. The maximum absolute atomic E-state index is 12.0. The van der Waals surface area contributed by atoms with Gasteiger partial charge >= 0.3 is 0 Å². The molecule has 2 aromatic heterocycles. The van der Waals surface area contributed by atoms with E-state index in [9.17, 15) is 4.79 Å². The number of amides is 1. The fourth-order valence-corrected chi connectivity index (χ4v) is 3.18. The second-order valence-electron chi connectivity index (χ2n) is 7.06. The molecule has 1 aliphatic carbocycles. The molecule has 4 rings (SSSR count). The molecular weight excluding hydrogens is 352 g/mol. The lowest BCUT2D eigenvalue weighted by Gasteiger charge is -2.06. The summed E-state index contributed by atoms with van der Waals surface area (Å²) in [7, 11) is 1.89. The molecule has 142 valence electrons. The molecular formula is C22H22N4O2. The summed E-state index contributed by atoms with van der Waals surface area (Å²) < 4.78 is 7.37. The molecule has 6 nitrogen and oxygen atoms in total. The van der Waals surface area contributed by atoms with Crippen molar-refractivity contribution in [3.8, 4) is 17.8 Å². The molecule has 0 atom stereocenters. The van der Waals surface area contributed by atoms with E-state index in [4.69, 9.17) is 4.74 Å². The summed E-state index contributed by atoms with van der Waals surface area (Å²) in [6, 6.07) is 14.4. The highest BCUT2D eigenvalue weighted by Crippen LogP contribution is 2.43. The highest BCUT2D eigenvalue weighted by molar-refractivity contribution is 5.84. The summed E-state index contributed by atoms with van der Waals surface area (Å²) in [5, 5.41) is 8.27. The molecule has 0 unspecified atom stereocenters. The lowest BCUT2D eigenvalue weighted by Crippen LogP contribution is -2.25. The summed E-state index contributed by atoms with van der Waals surface area (Å²) in [6.45, 7) is 1.89. The van der Waals surface area contributed by atoms with Crippen LogP contribution in [-0.2, 0) is 18.3 Å². The molecule has 0 spiro atoms. The monoisotopic (exact) mass is 374 g/mol. The van der Waals surface area contributed by atoms with Crippen LogP contribution in [0.3, 0.4) is 0 Å². The standard InChI is InChI=1S/C22H22N4O2/c1-15-13-19(24-22-20(15)21(17-10-11-17)25-26(22)2)28-14-18(27)23-12-6-9-16-7-4-3-5-8-16/h3-5,7-8,13,17H,9-11,14H2,1-2H3,(H,23,27). The van der Waals surface area contributed by atoms with Gasteiger partial charge in [0.05, 0.1) is 5.69 Å². The van der Waals surface area contributed by atoms with Crippen molar-refractivity contribution in [1.82, 2.24) is 20.1 Å². The van der Waals surface area contributed by atoms with Gasteiger partial charge in [-0.1, -0.05) is 36.3 Å². The average Bonchev–Trinajstić information content (AvgIpc) is 3.49. The first-order valence-corrected chi connectivity index (χ1v) is 9.39. The second kappa shape index (κ2) is 7.73. The largest absolute Gasteiger partial charge is 0.467 e. The molecule has 1 saturated carbocycles. The van der Waals surface area contributed by atoms with E-state index in [1.807, 2.05) is 50.4 Å². The van der Waals surface area contributed by atoms with Gasteiger partial charge in [0.15, 0.2) is 12.3 Å². The van der Waals surface area contributed by atoms with Crippen molar-refractivity contribution in [3.05, 3.63) is 53.2 Å². The number of carbonyl (C=O) groups excluding carboxylic acids is 1. The first-order chi connectivity index (χ1) is 13.6. The van der Waals surface area contributed by atoms with Gasteiger partial charge in [0, 0.05) is 36.9 Å². The van der Waals surface area contributed by atoms with Crippen LogP contribution >= 0.6 is 0 Å². The van der Waals surface area contributed by atoms with Crippen LogP contribution in [0.4, 0.5) is 0 Å². The maximum Gasteiger partial charge on any atom is 0.269 e. The fraction of sp³-hybridized carbons (Fsp3) is 0.318. The Hall–Kier alpha value is -3.33. The van der Waals surface area contributed by atoms with Gasteiger partial charge in [-0.3, -0.25) is 14.8 Å². The van der Waals surface area contributed by atoms with Gasteiger partial charge in [0.25, 0.3) is 5.91 Å². The number of nitrogens with one attached hydrogen (secondary N) is 1. The van der Waals surface area contributed by atoms with Crippen LogP contribution < -0.4 is 10.1 Å². The number of pyridine rings is 1. The number of aromatic nitrogens is 3. The second-order valence-corrected chi connectivity index (χ2v) is 7.06. The topological polar surface area (TPSA) is 69.0 Å². The van der Waals surface area contributed by atoms with Crippen LogP contribution in [0.5, 0.6) is 5.88 Å². The molecule has 0 bridgehead atoms. The zero-order valence-electron chi connectivity index (χ0n) is 16.0. The Balaban J connectivity index is 1.36. The Morgan fingerprint density at radius 1 is 1.32 bits per heavy atom. The van der Waals surface area contributed by atoms with Crippen molar-refractivity contribution in [2.45, 2.75) is 32.1 Å². The van der Waals surface area contributed by atoms with E-state index in [-0.39, 0.29) is 12.5 Å².